The molecular formula is C19H20N2OS2. The van der Waals surface area contributed by atoms with E-state index >= 15 is 0 Å². The van der Waals surface area contributed by atoms with E-state index in [1.165, 1.54) is 22.2 Å². The molecule has 0 bridgehead atoms. The molecule has 5 heteroatoms. The van der Waals surface area contributed by atoms with Crippen LogP contribution in [0, 0.1) is 0 Å². The summed E-state index contributed by atoms with van der Waals surface area (Å²) in [5.41, 5.74) is 1.93. The number of azo groups is 1. The number of hydrogen-bond donors (Lipinski definition) is 0. The van der Waals surface area contributed by atoms with Crippen molar-refractivity contribution in [1.82, 2.24) is 0 Å². The van der Waals surface area contributed by atoms with Gasteiger partial charge in [-0.05, 0) is 60.7 Å². The summed E-state index contributed by atoms with van der Waals surface area (Å²) in [5, 5.41) is 8.86. The minimum atomic E-state index is 0.799. The molecule has 0 spiro atoms. The molecule has 2 aromatic carbocycles. The second-order valence-corrected chi connectivity index (χ2v) is 7.72. The maximum atomic E-state index is 5.79. The smallest absolute Gasteiger partial charge is 0.127 e. The summed E-state index contributed by atoms with van der Waals surface area (Å²) >= 11 is 3.81. The van der Waals surface area contributed by atoms with E-state index in [1.54, 1.807) is 0 Å². The minimum Gasteiger partial charge on any atom is -0.457 e. The van der Waals surface area contributed by atoms with Crippen molar-refractivity contribution in [2.75, 3.05) is 11.5 Å². The van der Waals surface area contributed by atoms with E-state index in [0.717, 1.165) is 29.3 Å². The van der Waals surface area contributed by atoms with Crippen molar-refractivity contribution < 1.29 is 4.74 Å². The molecule has 1 aliphatic heterocycles. The van der Waals surface area contributed by atoms with Crippen LogP contribution in [0.2, 0.25) is 0 Å². The first kappa shape index (κ1) is 17.1. The Hall–Kier alpha value is -1.72. The van der Waals surface area contributed by atoms with E-state index in [2.05, 4.69) is 17.2 Å². The molecule has 124 valence electrons. The third kappa shape index (κ3) is 4.89. The molecule has 24 heavy (non-hydrogen) atoms. The molecule has 1 aliphatic rings. The minimum absolute atomic E-state index is 0.799. The van der Waals surface area contributed by atoms with E-state index in [9.17, 15) is 0 Å². The van der Waals surface area contributed by atoms with Gasteiger partial charge < -0.3 is 4.74 Å². The summed E-state index contributed by atoms with van der Waals surface area (Å²) in [6, 6.07) is 17.5. The van der Waals surface area contributed by atoms with Gasteiger partial charge in [0.1, 0.15) is 11.5 Å². The molecule has 0 aromatic heterocycles. The largest absolute Gasteiger partial charge is 0.457 e. The Labute approximate surface area is 151 Å². The van der Waals surface area contributed by atoms with Crippen LogP contribution in [0.25, 0.3) is 0 Å². The van der Waals surface area contributed by atoms with Crippen LogP contribution < -0.4 is 4.74 Å². The zero-order valence-electron chi connectivity index (χ0n) is 13.6. The second-order valence-electron chi connectivity index (χ2n) is 5.25. The number of allylic oxidation sites excluding steroid dienone is 1. The molecule has 0 radical (unpaired) electrons. The fraction of sp³-hybridized carbons (Fsp3) is 0.263. The molecule has 0 saturated carbocycles. The fourth-order valence-electron chi connectivity index (χ4n) is 2.18. The Bertz CT molecular complexity index is 704. The van der Waals surface area contributed by atoms with Crippen LogP contribution in [0.5, 0.6) is 11.5 Å². The number of hydrogen-bond acceptors (Lipinski definition) is 5. The molecular weight excluding hydrogens is 336 g/mol. The van der Waals surface area contributed by atoms with Crippen molar-refractivity contribution in [2.24, 2.45) is 10.2 Å². The topological polar surface area (TPSA) is 34.0 Å². The van der Waals surface area contributed by atoms with Gasteiger partial charge in [0, 0.05) is 0 Å². The van der Waals surface area contributed by atoms with Gasteiger partial charge in [0.15, 0.2) is 0 Å². The summed E-state index contributed by atoms with van der Waals surface area (Å²) < 4.78 is 7.12. The van der Waals surface area contributed by atoms with Gasteiger partial charge in [-0.1, -0.05) is 25.1 Å². The Morgan fingerprint density at radius 2 is 1.62 bits per heavy atom. The second kappa shape index (κ2) is 8.94. The van der Waals surface area contributed by atoms with E-state index in [-0.39, 0.29) is 0 Å². The molecule has 1 heterocycles. The Morgan fingerprint density at radius 3 is 2.29 bits per heavy atom. The predicted octanol–water partition coefficient (Wildman–Crippen LogP) is 7.01. The fourth-order valence-corrected chi connectivity index (χ4v) is 4.84. The summed E-state index contributed by atoms with van der Waals surface area (Å²) in [5.74, 6) is 4.00. The first-order valence-corrected chi connectivity index (χ1v) is 10.1. The molecule has 0 unspecified atom stereocenters. The van der Waals surface area contributed by atoms with Crippen LogP contribution in [0.3, 0.4) is 0 Å². The molecule has 3 nitrogen and oxygen atoms in total. The normalized spacial score (nSPS) is 14.8. The standard InChI is InChI=1S/C19H20N2OS2/c1-2-18(19-23-13-6-14-24-19)21-20-15-9-11-17(12-10-15)22-16-7-4-3-5-8-16/h3-5,7-12H,2,6,13-14H2,1H3. The Morgan fingerprint density at radius 1 is 0.958 bits per heavy atom. The van der Waals surface area contributed by atoms with Gasteiger partial charge in [-0.15, -0.1) is 23.5 Å². The van der Waals surface area contributed by atoms with Crippen molar-refractivity contribution in [3.8, 4) is 11.5 Å². The van der Waals surface area contributed by atoms with E-state index in [1.807, 2.05) is 78.1 Å². The lowest BCUT2D eigenvalue weighted by Crippen LogP contribution is -1.94. The summed E-state index contributed by atoms with van der Waals surface area (Å²) in [4.78, 5) is 0. The first-order valence-electron chi connectivity index (χ1n) is 8.08. The molecule has 0 aliphatic carbocycles. The maximum absolute atomic E-state index is 5.79. The van der Waals surface area contributed by atoms with Gasteiger partial charge >= 0.3 is 0 Å². The van der Waals surface area contributed by atoms with Crippen molar-refractivity contribution in [3.63, 3.8) is 0 Å². The number of thioether (sulfide) groups is 2. The van der Waals surface area contributed by atoms with E-state index < -0.39 is 0 Å². The lowest BCUT2D eigenvalue weighted by atomic mass is 10.3. The van der Waals surface area contributed by atoms with Crippen molar-refractivity contribution in [1.29, 1.82) is 0 Å². The third-order valence-electron chi connectivity index (χ3n) is 3.43. The summed E-state index contributed by atoms with van der Waals surface area (Å²) in [6.45, 7) is 2.13. The number of ether oxygens (including phenoxy) is 1. The number of para-hydroxylation sites is 1. The van der Waals surface area contributed by atoms with Crippen LogP contribution in [0.4, 0.5) is 5.69 Å². The highest BCUT2D eigenvalue weighted by atomic mass is 32.2. The van der Waals surface area contributed by atoms with Crippen molar-refractivity contribution in [2.45, 2.75) is 19.8 Å². The zero-order chi connectivity index (χ0) is 16.6. The highest BCUT2D eigenvalue weighted by molar-refractivity contribution is 8.22. The SMILES string of the molecule is CCC(N=Nc1ccc(Oc2ccccc2)cc1)=C1SCCCS1. The molecule has 0 N–H and O–H groups in total. The maximum Gasteiger partial charge on any atom is 0.127 e. The first-order chi connectivity index (χ1) is 11.8. The molecule has 1 saturated heterocycles. The van der Waals surface area contributed by atoms with Gasteiger partial charge in [-0.2, -0.15) is 10.2 Å². The van der Waals surface area contributed by atoms with Crippen LogP contribution in [0.1, 0.15) is 19.8 Å². The van der Waals surface area contributed by atoms with Crippen LogP contribution in [-0.4, -0.2) is 11.5 Å². The van der Waals surface area contributed by atoms with Gasteiger partial charge in [-0.3, -0.25) is 0 Å². The molecule has 0 atom stereocenters. The van der Waals surface area contributed by atoms with Crippen LogP contribution in [0.15, 0.2) is 74.8 Å². The summed E-state index contributed by atoms with van der Waals surface area (Å²) in [7, 11) is 0. The van der Waals surface area contributed by atoms with Gasteiger partial charge in [0.05, 0.1) is 15.6 Å². The highest BCUT2D eigenvalue weighted by Gasteiger charge is 2.11. The quantitative estimate of drug-likeness (QED) is 0.540. The third-order valence-corrected chi connectivity index (χ3v) is 6.12. The lowest BCUT2D eigenvalue weighted by Gasteiger charge is -2.14. The van der Waals surface area contributed by atoms with E-state index in [4.69, 9.17) is 4.74 Å². The Kier molecular flexibility index (Phi) is 6.38. The molecule has 2 aromatic rings. The molecule has 0 amide bonds. The van der Waals surface area contributed by atoms with Gasteiger partial charge in [0.2, 0.25) is 0 Å². The van der Waals surface area contributed by atoms with E-state index in [0.29, 0.717) is 0 Å². The monoisotopic (exact) mass is 356 g/mol. The lowest BCUT2D eigenvalue weighted by molar-refractivity contribution is 0.483. The van der Waals surface area contributed by atoms with Crippen LogP contribution >= 0.6 is 23.5 Å². The summed E-state index contributed by atoms with van der Waals surface area (Å²) in [6.07, 6.45) is 2.18. The average molecular weight is 357 g/mol. The van der Waals surface area contributed by atoms with Crippen LogP contribution in [-0.2, 0) is 0 Å². The van der Waals surface area contributed by atoms with Gasteiger partial charge in [-0.25, -0.2) is 0 Å². The molecule has 1 fully saturated rings. The number of nitrogens with zero attached hydrogens (tertiary/aromatic N) is 2. The van der Waals surface area contributed by atoms with Gasteiger partial charge in [0.25, 0.3) is 0 Å². The van der Waals surface area contributed by atoms with Crippen molar-refractivity contribution in [3.05, 3.63) is 64.5 Å². The predicted molar refractivity (Wildman–Crippen MR) is 104 cm³/mol. The Balaban J connectivity index is 1.67. The number of rotatable bonds is 5. The molecule has 3 rings (SSSR count). The van der Waals surface area contributed by atoms with Crippen molar-refractivity contribution >= 4 is 29.2 Å². The average Bonchev–Trinajstić information content (AvgIpc) is 2.65. The number of benzene rings is 2. The highest BCUT2D eigenvalue weighted by Crippen LogP contribution is 2.38. The zero-order valence-corrected chi connectivity index (χ0v) is 15.3.